The van der Waals surface area contributed by atoms with Crippen molar-refractivity contribution in [2.45, 2.75) is 13.0 Å². The van der Waals surface area contributed by atoms with Crippen molar-refractivity contribution in [2.75, 3.05) is 11.9 Å². The molecule has 2 rings (SSSR count). The Labute approximate surface area is 105 Å². The lowest BCUT2D eigenvalue weighted by atomic mass is 10.2. The van der Waals surface area contributed by atoms with Crippen molar-refractivity contribution in [1.29, 1.82) is 0 Å². The third kappa shape index (κ3) is 2.95. The number of benzene rings is 1. The molecule has 0 aliphatic rings. The Morgan fingerprint density at radius 2 is 2.18 bits per heavy atom. The number of hydrogen-bond acceptors (Lipinski definition) is 3. The van der Waals surface area contributed by atoms with Crippen LogP contribution in [-0.2, 0) is 0 Å². The summed E-state index contributed by atoms with van der Waals surface area (Å²) in [6.45, 7) is 2.46. The topological polar surface area (TPSA) is 63.8 Å². The molecule has 0 spiro atoms. The van der Waals surface area contributed by atoms with Gasteiger partial charge in [-0.1, -0.05) is 18.2 Å². The number of para-hydroxylation sites is 1. The molecule has 0 bridgehead atoms. The zero-order chi connectivity index (χ0) is 12.3. The first-order chi connectivity index (χ1) is 8.16. The zero-order valence-electron chi connectivity index (χ0n) is 9.53. The van der Waals surface area contributed by atoms with Gasteiger partial charge in [-0.2, -0.15) is 0 Å². The van der Waals surface area contributed by atoms with Gasteiger partial charge in [-0.05, 0) is 30.8 Å². The van der Waals surface area contributed by atoms with E-state index in [2.05, 4.69) is 15.3 Å². The molecule has 0 saturated heterocycles. The maximum absolute atomic E-state index is 9.93. The van der Waals surface area contributed by atoms with Crippen LogP contribution >= 0.6 is 12.2 Å². The lowest BCUT2D eigenvalue weighted by molar-refractivity contribution is 0.187. The van der Waals surface area contributed by atoms with Crippen LogP contribution in [-0.4, -0.2) is 21.6 Å². The SMILES string of the molecule is Cc1ccccc1NCC(O)c1c[nH]c(=S)[nH]1. The number of hydrogen-bond donors (Lipinski definition) is 4. The summed E-state index contributed by atoms with van der Waals surface area (Å²) in [5.74, 6) is 0. The summed E-state index contributed by atoms with van der Waals surface area (Å²) in [5, 5.41) is 13.1. The maximum Gasteiger partial charge on any atom is 0.174 e. The second-order valence-corrected chi connectivity index (χ2v) is 4.32. The number of anilines is 1. The predicted molar refractivity (Wildman–Crippen MR) is 70.6 cm³/mol. The highest BCUT2D eigenvalue weighted by molar-refractivity contribution is 7.71. The molecule has 4 N–H and O–H groups in total. The number of aliphatic hydroxyl groups excluding tert-OH is 1. The highest BCUT2D eigenvalue weighted by Gasteiger charge is 2.08. The maximum atomic E-state index is 9.93. The number of imidazole rings is 1. The fraction of sp³-hybridized carbons (Fsp3) is 0.250. The van der Waals surface area contributed by atoms with Crippen LogP contribution in [0.3, 0.4) is 0 Å². The van der Waals surface area contributed by atoms with Gasteiger partial charge in [0.1, 0.15) is 6.10 Å². The van der Waals surface area contributed by atoms with Crippen LogP contribution in [0.5, 0.6) is 0 Å². The third-order valence-corrected chi connectivity index (χ3v) is 2.83. The molecule has 1 atom stereocenters. The minimum absolute atomic E-state index is 0.438. The van der Waals surface area contributed by atoms with E-state index in [1.807, 2.05) is 31.2 Å². The summed E-state index contributed by atoms with van der Waals surface area (Å²) in [6, 6.07) is 7.96. The normalized spacial score (nSPS) is 12.4. The lowest BCUT2D eigenvalue weighted by Crippen LogP contribution is -2.13. The number of aromatic nitrogens is 2. The second-order valence-electron chi connectivity index (χ2n) is 3.91. The van der Waals surface area contributed by atoms with Gasteiger partial charge in [0, 0.05) is 18.4 Å². The van der Waals surface area contributed by atoms with Gasteiger partial charge >= 0.3 is 0 Å². The standard InChI is InChI=1S/C12H15N3OS/c1-8-4-2-3-5-9(8)13-7-11(16)10-6-14-12(17)15-10/h2-6,11,13,16H,7H2,1H3,(H2,14,15,17). The molecule has 4 nitrogen and oxygen atoms in total. The Balaban J connectivity index is 1.99. The van der Waals surface area contributed by atoms with E-state index in [0.29, 0.717) is 17.0 Å². The van der Waals surface area contributed by atoms with E-state index < -0.39 is 6.10 Å². The van der Waals surface area contributed by atoms with Gasteiger partial charge in [0.25, 0.3) is 0 Å². The van der Waals surface area contributed by atoms with E-state index in [1.165, 1.54) is 0 Å². The Morgan fingerprint density at radius 1 is 1.41 bits per heavy atom. The van der Waals surface area contributed by atoms with Crippen molar-refractivity contribution in [2.24, 2.45) is 0 Å². The van der Waals surface area contributed by atoms with E-state index >= 15 is 0 Å². The molecule has 1 aromatic heterocycles. The number of aliphatic hydroxyl groups is 1. The van der Waals surface area contributed by atoms with Gasteiger partial charge in [0.2, 0.25) is 0 Å². The molecule has 0 aliphatic heterocycles. The number of nitrogens with one attached hydrogen (secondary N) is 3. The summed E-state index contributed by atoms with van der Waals surface area (Å²) in [5.41, 5.74) is 2.87. The van der Waals surface area contributed by atoms with Crippen LogP contribution in [0.15, 0.2) is 30.5 Å². The predicted octanol–water partition coefficient (Wildman–Crippen LogP) is 2.53. The fourth-order valence-corrected chi connectivity index (χ4v) is 1.79. The van der Waals surface area contributed by atoms with Crippen molar-refractivity contribution in [3.8, 4) is 0 Å². The Kier molecular flexibility index (Phi) is 3.61. The van der Waals surface area contributed by atoms with Gasteiger partial charge in [0.15, 0.2) is 4.77 Å². The first kappa shape index (κ1) is 11.9. The van der Waals surface area contributed by atoms with E-state index in [0.717, 1.165) is 11.3 Å². The Bertz CT molecular complexity index is 546. The highest BCUT2D eigenvalue weighted by atomic mass is 32.1. The lowest BCUT2D eigenvalue weighted by Gasteiger charge is -2.12. The van der Waals surface area contributed by atoms with E-state index in [9.17, 15) is 5.11 Å². The van der Waals surface area contributed by atoms with Gasteiger partial charge in [-0.3, -0.25) is 0 Å². The average Bonchev–Trinajstić information content (AvgIpc) is 2.74. The minimum atomic E-state index is -0.609. The van der Waals surface area contributed by atoms with Crippen LogP contribution in [0.1, 0.15) is 17.4 Å². The Morgan fingerprint density at radius 3 is 2.82 bits per heavy atom. The van der Waals surface area contributed by atoms with Crippen LogP contribution in [0.4, 0.5) is 5.69 Å². The molecule has 0 amide bonds. The molecule has 90 valence electrons. The fourth-order valence-electron chi connectivity index (χ4n) is 1.61. The van der Waals surface area contributed by atoms with Gasteiger partial charge < -0.3 is 20.4 Å². The third-order valence-electron chi connectivity index (χ3n) is 2.61. The van der Waals surface area contributed by atoms with Crippen molar-refractivity contribution in [1.82, 2.24) is 9.97 Å². The number of aromatic amines is 2. The van der Waals surface area contributed by atoms with Crippen molar-refractivity contribution >= 4 is 17.9 Å². The Hall–Kier alpha value is -1.59. The van der Waals surface area contributed by atoms with Crippen molar-refractivity contribution in [3.05, 3.63) is 46.5 Å². The van der Waals surface area contributed by atoms with Crippen LogP contribution in [0, 0.1) is 11.7 Å². The molecular formula is C12H15N3OS. The number of H-pyrrole nitrogens is 2. The molecule has 5 heteroatoms. The highest BCUT2D eigenvalue weighted by Crippen LogP contribution is 2.15. The minimum Gasteiger partial charge on any atom is -0.385 e. The summed E-state index contributed by atoms with van der Waals surface area (Å²) >= 11 is 4.91. The van der Waals surface area contributed by atoms with Crippen LogP contribution in [0.2, 0.25) is 0 Å². The first-order valence-corrected chi connectivity index (χ1v) is 5.83. The van der Waals surface area contributed by atoms with E-state index in [-0.39, 0.29) is 0 Å². The summed E-state index contributed by atoms with van der Waals surface area (Å²) in [7, 11) is 0. The molecule has 0 fully saturated rings. The molecular weight excluding hydrogens is 234 g/mol. The first-order valence-electron chi connectivity index (χ1n) is 5.42. The molecule has 0 aliphatic carbocycles. The number of rotatable bonds is 4. The molecule has 17 heavy (non-hydrogen) atoms. The molecule has 2 aromatic rings. The summed E-state index contributed by atoms with van der Waals surface area (Å²) in [6.07, 6.45) is 1.08. The van der Waals surface area contributed by atoms with E-state index in [4.69, 9.17) is 12.2 Å². The second kappa shape index (κ2) is 5.16. The van der Waals surface area contributed by atoms with Gasteiger partial charge in [0.05, 0.1) is 5.69 Å². The average molecular weight is 249 g/mol. The largest absolute Gasteiger partial charge is 0.385 e. The van der Waals surface area contributed by atoms with E-state index in [1.54, 1.807) is 6.20 Å². The summed E-state index contributed by atoms with van der Waals surface area (Å²) < 4.78 is 0.523. The van der Waals surface area contributed by atoms with Crippen molar-refractivity contribution < 1.29 is 5.11 Å². The molecule has 1 aromatic carbocycles. The zero-order valence-corrected chi connectivity index (χ0v) is 10.3. The van der Waals surface area contributed by atoms with Crippen LogP contribution in [0.25, 0.3) is 0 Å². The van der Waals surface area contributed by atoms with Crippen molar-refractivity contribution in [3.63, 3.8) is 0 Å². The van der Waals surface area contributed by atoms with Gasteiger partial charge in [-0.15, -0.1) is 0 Å². The van der Waals surface area contributed by atoms with Crippen LogP contribution < -0.4 is 5.32 Å². The molecule has 1 heterocycles. The number of aryl methyl sites for hydroxylation is 1. The molecule has 1 unspecified atom stereocenters. The molecule has 0 radical (unpaired) electrons. The summed E-state index contributed by atoms with van der Waals surface area (Å²) in [4.78, 5) is 5.73. The quantitative estimate of drug-likeness (QED) is 0.630. The smallest absolute Gasteiger partial charge is 0.174 e. The van der Waals surface area contributed by atoms with Gasteiger partial charge in [-0.25, -0.2) is 0 Å². The monoisotopic (exact) mass is 249 g/mol. The molecule has 0 saturated carbocycles.